The minimum atomic E-state index is -0.114. The van der Waals surface area contributed by atoms with Crippen LogP contribution in [0.25, 0.3) is 6.08 Å². The van der Waals surface area contributed by atoms with E-state index in [0.717, 1.165) is 15.9 Å². The molecule has 3 rings (SSSR count). The molecule has 4 nitrogen and oxygen atoms in total. The monoisotopic (exact) mass is 361 g/mol. The Bertz CT molecular complexity index is 747. The lowest BCUT2D eigenvalue weighted by Gasteiger charge is -1.97. The van der Waals surface area contributed by atoms with E-state index in [4.69, 9.17) is 0 Å². The molecule has 1 aromatic carbocycles. The largest absolute Gasteiger partial charge is 0.351 e. The lowest BCUT2D eigenvalue weighted by Crippen LogP contribution is -2.19. The standard InChI is InChI=1S/C15H12BrN3OS/c1-19-8-2-3-12(19)9-13-14(20)18-15(21-13)17-11-6-4-10(16)5-7-11/h2-9H,1H3,(H,17,18,20)/b13-9-. The molecule has 1 N–H and O–H groups in total. The summed E-state index contributed by atoms with van der Waals surface area (Å²) in [7, 11) is 1.95. The van der Waals surface area contributed by atoms with Gasteiger partial charge in [0.2, 0.25) is 0 Å². The van der Waals surface area contributed by atoms with Crippen LogP contribution in [0.4, 0.5) is 5.69 Å². The van der Waals surface area contributed by atoms with E-state index in [1.165, 1.54) is 11.8 Å². The third-order valence-electron chi connectivity index (χ3n) is 2.97. The molecule has 1 saturated heterocycles. The Morgan fingerprint density at radius 2 is 2.05 bits per heavy atom. The van der Waals surface area contributed by atoms with Crippen LogP contribution < -0.4 is 5.32 Å². The number of rotatable bonds is 2. The van der Waals surface area contributed by atoms with Crippen LogP contribution in [0.5, 0.6) is 0 Å². The molecule has 1 fully saturated rings. The van der Waals surface area contributed by atoms with Gasteiger partial charge in [0, 0.05) is 23.4 Å². The molecule has 0 unspecified atom stereocenters. The predicted molar refractivity (Wildman–Crippen MR) is 90.4 cm³/mol. The van der Waals surface area contributed by atoms with E-state index in [1.807, 2.05) is 60.3 Å². The average molecular weight is 362 g/mol. The number of amidine groups is 1. The fraction of sp³-hybridized carbons (Fsp3) is 0.0667. The van der Waals surface area contributed by atoms with Crippen molar-refractivity contribution >= 4 is 50.5 Å². The van der Waals surface area contributed by atoms with Crippen molar-refractivity contribution < 1.29 is 4.79 Å². The summed E-state index contributed by atoms with van der Waals surface area (Å²) in [6.07, 6.45) is 3.81. The van der Waals surface area contributed by atoms with Gasteiger partial charge >= 0.3 is 0 Å². The second-order valence-corrected chi connectivity index (χ2v) is 6.45. The van der Waals surface area contributed by atoms with Crippen LogP contribution in [0.1, 0.15) is 5.69 Å². The van der Waals surface area contributed by atoms with Crippen molar-refractivity contribution in [2.75, 3.05) is 0 Å². The Hall–Kier alpha value is -1.79. The highest BCUT2D eigenvalue weighted by molar-refractivity contribution is 9.10. The zero-order valence-electron chi connectivity index (χ0n) is 11.2. The van der Waals surface area contributed by atoms with Crippen molar-refractivity contribution in [3.05, 3.63) is 57.7 Å². The normalized spacial score (nSPS) is 18.5. The maximum atomic E-state index is 12.0. The van der Waals surface area contributed by atoms with Crippen LogP contribution in [-0.2, 0) is 11.8 Å². The molecule has 1 amide bonds. The molecule has 0 saturated carbocycles. The van der Waals surface area contributed by atoms with Crippen molar-refractivity contribution in [1.29, 1.82) is 0 Å². The highest BCUT2D eigenvalue weighted by Gasteiger charge is 2.24. The summed E-state index contributed by atoms with van der Waals surface area (Å²) in [5, 5.41) is 3.38. The summed E-state index contributed by atoms with van der Waals surface area (Å²) in [5.41, 5.74) is 1.79. The third-order valence-corrected chi connectivity index (χ3v) is 4.41. The lowest BCUT2D eigenvalue weighted by molar-refractivity contribution is -0.115. The maximum Gasteiger partial charge on any atom is 0.264 e. The van der Waals surface area contributed by atoms with Crippen LogP contribution in [0, 0.1) is 0 Å². The second kappa shape index (κ2) is 5.91. The number of carbonyl (C=O) groups is 1. The number of nitrogens with one attached hydrogen (secondary N) is 1. The second-order valence-electron chi connectivity index (χ2n) is 4.50. The van der Waals surface area contributed by atoms with Crippen molar-refractivity contribution in [3.8, 4) is 0 Å². The van der Waals surface area contributed by atoms with Gasteiger partial charge in [0.25, 0.3) is 5.91 Å². The maximum absolute atomic E-state index is 12.0. The molecule has 6 heteroatoms. The van der Waals surface area contributed by atoms with Crippen LogP contribution in [0.3, 0.4) is 0 Å². The molecule has 0 bridgehead atoms. The van der Waals surface area contributed by atoms with Gasteiger partial charge < -0.3 is 9.88 Å². The van der Waals surface area contributed by atoms with Gasteiger partial charge in [-0.15, -0.1) is 0 Å². The number of thioether (sulfide) groups is 1. The van der Waals surface area contributed by atoms with E-state index in [9.17, 15) is 4.79 Å². The van der Waals surface area contributed by atoms with Gasteiger partial charge in [0.15, 0.2) is 5.17 Å². The first kappa shape index (κ1) is 14.2. The SMILES string of the molecule is Cn1cccc1/C=C1\SC(=Nc2ccc(Br)cc2)NC1=O. The molecular formula is C15H12BrN3OS. The van der Waals surface area contributed by atoms with Gasteiger partial charge in [-0.3, -0.25) is 4.79 Å². The number of hydrogen-bond acceptors (Lipinski definition) is 3. The molecular weight excluding hydrogens is 350 g/mol. The highest BCUT2D eigenvalue weighted by atomic mass is 79.9. The molecule has 2 heterocycles. The first-order chi connectivity index (χ1) is 10.1. The van der Waals surface area contributed by atoms with E-state index in [1.54, 1.807) is 0 Å². The fourth-order valence-corrected chi connectivity index (χ4v) is 2.96. The highest BCUT2D eigenvalue weighted by Crippen LogP contribution is 2.28. The molecule has 106 valence electrons. The predicted octanol–water partition coefficient (Wildman–Crippen LogP) is 3.68. The van der Waals surface area contributed by atoms with Crippen molar-refractivity contribution in [3.63, 3.8) is 0 Å². The van der Waals surface area contributed by atoms with Gasteiger partial charge in [-0.25, -0.2) is 4.99 Å². The smallest absolute Gasteiger partial charge is 0.264 e. The van der Waals surface area contributed by atoms with Crippen LogP contribution in [0.2, 0.25) is 0 Å². The third kappa shape index (κ3) is 3.28. The topological polar surface area (TPSA) is 46.4 Å². The van der Waals surface area contributed by atoms with E-state index >= 15 is 0 Å². The zero-order chi connectivity index (χ0) is 14.8. The van der Waals surface area contributed by atoms with Crippen LogP contribution in [0.15, 0.2) is 57.0 Å². The lowest BCUT2D eigenvalue weighted by atomic mass is 10.3. The van der Waals surface area contributed by atoms with E-state index < -0.39 is 0 Å². The summed E-state index contributed by atoms with van der Waals surface area (Å²) < 4.78 is 2.96. The van der Waals surface area contributed by atoms with Gasteiger partial charge in [-0.2, -0.15) is 0 Å². The van der Waals surface area contributed by atoms with Crippen molar-refractivity contribution in [2.45, 2.75) is 0 Å². The van der Waals surface area contributed by atoms with Crippen molar-refractivity contribution in [2.24, 2.45) is 12.0 Å². The molecule has 0 aliphatic carbocycles. The molecule has 0 radical (unpaired) electrons. The number of halogens is 1. The molecule has 21 heavy (non-hydrogen) atoms. The number of hydrogen-bond donors (Lipinski definition) is 1. The Kier molecular flexibility index (Phi) is 3.98. The fourth-order valence-electron chi connectivity index (χ4n) is 1.87. The minimum absolute atomic E-state index is 0.114. The summed E-state index contributed by atoms with van der Waals surface area (Å²) in [6, 6.07) is 11.5. The van der Waals surface area contributed by atoms with E-state index in [-0.39, 0.29) is 5.91 Å². The molecule has 1 aliphatic rings. The zero-order valence-corrected chi connectivity index (χ0v) is 13.6. The number of aromatic nitrogens is 1. The number of nitrogens with zero attached hydrogens (tertiary/aromatic N) is 2. The van der Waals surface area contributed by atoms with E-state index in [2.05, 4.69) is 26.2 Å². The first-order valence-electron chi connectivity index (χ1n) is 6.28. The van der Waals surface area contributed by atoms with Crippen LogP contribution >= 0.6 is 27.7 Å². The van der Waals surface area contributed by atoms with E-state index in [0.29, 0.717) is 10.1 Å². The van der Waals surface area contributed by atoms with Crippen molar-refractivity contribution in [1.82, 2.24) is 9.88 Å². The Morgan fingerprint density at radius 1 is 1.29 bits per heavy atom. The summed E-state index contributed by atoms with van der Waals surface area (Å²) in [6.45, 7) is 0. The number of benzene rings is 1. The molecule has 0 atom stereocenters. The number of carbonyl (C=O) groups excluding carboxylic acids is 1. The molecule has 1 aliphatic heterocycles. The Morgan fingerprint density at radius 3 is 2.71 bits per heavy atom. The summed E-state index contributed by atoms with van der Waals surface area (Å²) >= 11 is 4.73. The summed E-state index contributed by atoms with van der Waals surface area (Å²) in [5.74, 6) is -0.114. The number of aryl methyl sites for hydroxylation is 1. The Balaban J connectivity index is 1.83. The van der Waals surface area contributed by atoms with Crippen LogP contribution in [-0.4, -0.2) is 15.6 Å². The molecule has 1 aromatic heterocycles. The molecule has 2 aromatic rings. The van der Waals surface area contributed by atoms with Gasteiger partial charge in [-0.1, -0.05) is 15.9 Å². The average Bonchev–Trinajstić information content (AvgIpc) is 3.00. The number of amides is 1. The molecule has 0 spiro atoms. The minimum Gasteiger partial charge on any atom is -0.351 e. The number of aliphatic imine (C=N–C) groups is 1. The van der Waals surface area contributed by atoms with Gasteiger partial charge in [-0.05, 0) is 54.2 Å². The quantitative estimate of drug-likeness (QED) is 0.829. The first-order valence-corrected chi connectivity index (χ1v) is 7.89. The van der Waals surface area contributed by atoms with Gasteiger partial charge in [0.05, 0.1) is 10.6 Å². The Labute approximate surface area is 135 Å². The van der Waals surface area contributed by atoms with Gasteiger partial charge in [0.1, 0.15) is 0 Å². The summed E-state index contributed by atoms with van der Waals surface area (Å²) in [4.78, 5) is 17.0.